The van der Waals surface area contributed by atoms with Crippen LogP contribution in [0.1, 0.15) is 21.5 Å². The Labute approximate surface area is 116 Å². The van der Waals surface area contributed by atoms with E-state index in [-0.39, 0.29) is 12.2 Å². The van der Waals surface area contributed by atoms with E-state index < -0.39 is 0 Å². The van der Waals surface area contributed by atoms with E-state index in [1.165, 1.54) is 0 Å². The lowest BCUT2D eigenvalue weighted by molar-refractivity contribution is 0.0993. The van der Waals surface area contributed by atoms with Crippen LogP contribution >= 0.6 is 23.2 Å². The summed E-state index contributed by atoms with van der Waals surface area (Å²) < 4.78 is 0. The van der Waals surface area contributed by atoms with Crippen LogP contribution in [0.4, 0.5) is 0 Å². The third-order valence-corrected chi connectivity index (χ3v) is 3.30. The number of aryl methyl sites for hydroxylation is 1. The zero-order valence-corrected chi connectivity index (χ0v) is 11.4. The van der Waals surface area contributed by atoms with E-state index >= 15 is 0 Å². The highest BCUT2D eigenvalue weighted by molar-refractivity contribution is 6.33. The number of ketones is 1. The van der Waals surface area contributed by atoms with E-state index in [1.54, 1.807) is 18.2 Å². The predicted octanol–water partition coefficient (Wildman–Crippen LogP) is 4.73. The normalized spacial score (nSPS) is 10.4. The first-order valence-electron chi connectivity index (χ1n) is 5.60. The number of benzene rings is 2. The quantitative estimate of drug-likeness (QED) is 0.742. The van der Waals surface area contributed by atoms with Gasteiger partial charge in [-0.05, 0) is 36.8 Å². The van der Waals surface area contributed by atoms with Gasteiger partial charge in [0.05, 0.1) is 0 Å². The van der Waals surface area contributed by atoms with Crippen LogP contribution in [-0.4, -0.2) is 5.78 Å². The summed E-state index contributed by atoms with van der Waals surface area (Å²) in [5.41, 5.74) is 2.53. The summed E-state index contributed by atoms with van der Waals surface area (Å²) >= 11 is 11.9. The molecule has 2 rings (SSSR count). The number of halogens is 2. The van der Waals surface area contributed by atoms with Gasteiger partial charge in [0.15, 0.2) is 5.78 Å². The van der Waals surface area contributed by atoms with Gasteiger partial charge in [0.2, 0.25) is 0 Å². The van der Waals surface area contributed by atoms with Crippen molar-refractivity contribution in [2.45, 2.75) is 13.3 Å². The van der Waals surface area contributed by atoms with E-state index in [0.29, 0.717) is 15.6 Å². The number of hydrogen-bond donors (Lipinski definition) is 0. The Balaban J connectivity index is 2.24. The molecule has 0 unspecified atom stereocenters. The predicted molar refractivity (Wildman–Crippen MR) is 75.7 cm³/mol. The third-order valence-electron chi connectivity index (χ3n) is 2.70. The van der Waals surface area contributed by atoms with Crippen molar-refractivity contribution < 1.29 is 4.79 Å². The Hall–Kier alpha value is -1.31. The van der Waals surface area contributed by atoms with Crippen molar-refractivity contribution in [3.05, 3.63) is 69.2 Å². The first-order valence-corrected chi connectivity index (χ1v) is 6.35. The van der Waals surface area contributed by atoms with Crippen LogP contribution in [0, 0.1) is 6.92 Å². The number of Topliss-reactive ketones (excluding diaryl/α,β-unsaturated/α-hetero) is 1. The molecule has 0 aliphatic heterocycles. The van der Waals surface area contributed by atoms with Crippen molar-refractivity contribution in [3.63, 3.8) is 0 Å². The van der Waals surface area contributed by atoms with Gasteiger partial charge in [-0.15, -0.1) is 0 Å². The molecule has 0 fully saturated rings. The molecule has 3 heteroatoms. The zero-order valence-electron chi connectivity index (χ0n) is 9.91. The van der Waals surface area contributed by atoms with Gasteiger partial charge in [0, 0.05) is 22.0 Å². The lowest BCUT2D eigenvalue weighted by Crippen LogP contribution is -2.04. The Kier molecular flexibility index (Phi) is 4.05. The number of carbonyl (C=O) groups excluding carboxylic acids is 1. The fourth-order valence-electron chi connectivity index (χ4n) is 1.77. The maximum atomic E-state index is 12.1. The lowest BCUT2D eigenvalue weighted by Gasteiger charge is -2.05. The molecule has 0 saturated carbocycles. The monoisotopic (exact) mass is 278 g/mol. The Bertz CT molecular complexity index is 591. The molecule has 2 aromatic carbocycles. The molecule has 18 heavy (non-hydrogen) atoms. The van der Waals surface area contributed by atoms with Crippen LogP contribution in [0.15, 0.2) is 42.5 Å². The standard InChI is InChI=1S/C15H12Cl2O/c1-10-3-2-4-11(7-10)15(18)9-12-8-13(16)5-6-14(12)17/h2-8H,9H2,1H3. The maximum Gasteiger partial charge on any atom is 0.167 e. The van der Waals surface area contributed by atoms with E-state index in [4.69, 9.17) is 23.2 Å². The van der Waals surface area contributed by atoms with E-state index in [0.717, 1.165) is 11.1 Å². The average molecular weight is 279 g/mol. The summed E-state index contributed by atoms with van der Waals surface area (Å²) in [6.45, 7) is 1.96. The lowest BCUT2D eigenvalue weighted by atomic mass is 10.0. The fourth-order valence-corrected chi connectivity index (χ4v) is 2.15. The van der Waals surface area contributed by atoms with Crippen LogP contribution in [-0.2, 0) is 6.42 Å². The second-order valence-electron chi connectivity index (χ2n) is 4.21. The molecule has 0 atom stereocenters. The SMILES string of the molecule is Cc1cccc(C(=O)Cc2cc(Cl)ccc2Cl)c1. The molecule has 1 nitrogen and oxygen atoms in total. The number of hydrogen-bond acceptors (Lipinski definition) is 1. The molecule has 0 heterocycles. The second kappa shape index (κ2) is 5.55. The van der Waals surface area contributed by atoms with Gasteiger partial charge in [-0.1, -0.05) is 47.0 Å². The van der Waals surface area contributed by atoms with E-state index in [2.05, 4.69) is 0 Å². The smallest absolute Gasteiger partial charge is 0.167 e. The first kappa shape index (κ1) is 13.1. The zero-order chi connectivity index (χ0) is 13.1. The van der Waals surface area contributed by atoms with Crippen LogP contribution in [0.5, 0.6) is 0 Å². The van der Waals surface area contributed by atoms with Crippen molar-refractivity contribution in [3.8, 4) is 0 Å². The molecule has 0 bridgehead atoms. The van der Waals surface area contributed by atoms with Crippen LogP contribution < -0.4 is 0 Å². The summed E-state index contributed by atoms with van der Waals surface area (Å²) in [6, 6.07) is 12.7. The molecular formula is C15H12Cl2O. The first-order chi connectivity index (χ1) is 8.56. The Morgan fingerprint density at radius 2 is 1.89 bits per heavy atom. The molecule has 92 valence electrons. The molecule has 0 aromatic heterocycles. The molecule has 0 spiro atoms. The minimum absolute atomic E-state index is 0.0443. The highest BCUT2D eigenvalue weighted by Gasteiger charge is 2.10. The highest BCUT2D eigenvalue weighted by atomic mass is 35.5. The van der Waals surface area contributed by atoms with E-state index in [1.807, 2.05) is 31.2 Å². The van der Waals surface area contributed by atoms with Crippen LogP contribution in [0.2, 0.25) is 10.0 Å². The maximum absolute atomic E-state index is 12.1. The van der Waals surface area contributed by atoms with E-state index in [9.17, 15) is 4.79 Å². The minimum atomic E-state index is 0.0443. The van der Waals surface area contributed by atoms with Crippen molar-refractivity contribution >= 4 is 29.0 Å². The van der Waals surface area contributed by atoms with Gasteiger partial charge < -0.3 is 0 Å². The van der Waals surface area contributed by atoms with Crippen molar-refractivity contribution in [1.29, 1.82) is 0 Å². The van der Waals surface area contributed by atoms with Crippen molar-refractivity contribution in [2.24, 2.45) is 0 Å². The van der Waals surface area contributed by atoms with Crippen molar-refractivity contribution in [2.75, 3.05) is 0 Å². The van der Waals surface area contributed by atoms with Gasteiger partial charge in [-0.3, -0.25) is 4.79 Å². The molecule has 0 radical (unpaired) electrons. The van der Waals surface area contributed by atoms with Crippen LogP contribution in [0.3, 0.4) is 0 Å². The fraction of sp³-hybridized carbons (Fsp3) is 0.133. The molecule has 0 aliphatic rings. The highest BCUT2D eigenvalue weighted by Crippen LogP contribution is 2.22. The summed E-state index contributed by atoms with van der Waals surface area (Å²) in [5, 5.41) is 1.16. The van der Waals surface area contributed by atoms with Gasteiger partial charge >= 0.3 is 0 Å². The van der Waals surface area contributed by atoms with Gasteiger partial charge in [-0.25, -0.2) is 0 Å². The largest absolute Gasteiger partial charge is 0.294 e. The topological polar surface area (TPSA) is 17.1 Å². The average Bonchev–Trinajstić information content (AvgIpc) is 2.34. The summed E-state index contributed by atoms with van der Waals surface area (Å²) in [5.74, 6) is 0.0443. The summed E-state index contributed by atoms with van der Waals surface area (Å²) in [6.07, 6.45) is 0.267. The molecule has 0 N–H and O–H groups in total. The van der Waals surface area contributed by atoms with Crippen molar-refractivity contribution in [1.82, 2.24) is 0 Å². The number of rotatable bonds is 3. The second-order valence-corrected chi connectivity index (χ2v) is 5.05. The van der Waals surface area contributed by atoms with Crippen LogP contribution in [0.25, 0.3) is 0 Å². The molecule has 0 aliphatic carbocycles. The number of carbonyl (C=O) groups is 1. The Morgan fingerprint density at radius 3 is 2.61 bits per heavy atom. The molecule has 2 aromatic rings. The van der Waals surface area contributed by atoms with Gasteiger partial charge in [0.25, 0.3) is 0 Å². The van der Waals surface area contributed by atoms with Gasteiger partial charge in [0.1, 0.15) is 0 Å². The molecular weight excluding hydrogens is 267 g/mol. The summed E-state index contributed by atoms with van der Waals surface area (Å²) in [4.78, 5) is 12.1. The molecule has 0 amide bonds. The third kappa shape index (κ3) is 3.12. The minimum Gasteiger partial charge on any atom is -0.294 e. The Morgan fingerprint density at radius 1 is 1.11 bits per heavy atom. The van der Waals surface area contributed by atoms with Gasteiger partial charge in [-0.2, -0.15) is 0 Å². The summed E-state index contributed by atoms with van der Waals surface area (Å²) in [7, 11) is 0. The molecule has 0 saturated heterocycles.